The van der Waals surface area contributed by atoms with Crippen molar-refractivity contribution in [3.05, 3.63) is 36.0 Å². The molecular formula is C16H20N2O3. The second-order valence-electron chi connectivity index (χ2n) is 5.42. The molecule has 0 saturated heterocycles. The van der Waals surface area contributed by atoms with Crippen LogP contribution in [0.4, 0.5) is 4.79 Å². The first-order chi connectivity index (χ1) is 10.3. The Hall–Kier alpha value is -2.17. The molecule has 1 saturated carbocycles. The van der Waals surface area contributed by atoms with Crippen molar-refractivity contribution in [3.63, 3.8) is 0 Å². The van der Waals surface area contributed by atoms with Gasteiger partial charge in [-0.3, -0.25) is 0 Å². The molecule has 112 valence electrons. The lowest BCUT2D eigenvalue weighted by molar-refractivity contribution is 0.174. The molecule has 0 aromatic heterocycles. The summed E-state index contributed by atoms with van der Waals surface area (Å²) >= 11 is 0. The summed E-state index contributed by atoms with van der Waals surface area (Å²) in [6, 6.07) is 5.47. The van der Waals surface area contributed by atoms with Crippen LogP contribution in [0.3, 0.4) is 0 Å². The number of urea groups is 1. The molecule has 3 rings (SSSR count). The molecule has 1 aliphatic carbocycles. The molecule has 0 atom stereocenters. The predicted octanol–water partition coefficient (Wildman–Crippen LogP) is 2.92. The SMILES string of the molecule is O=C(N/C=C/C1CCCC1)NCc1ccc2c(c1)OCO2. The molecule has 5 nitrogen and oxygen atoms in total. The summed E-state index contributed by atoms with van der Waals surface area (Å²) in [6.45, 7) is 0.721. The van der Waals surface area contributed by atoms with Gasteiger partial charge >= 0.3 is 6.03 Å². The van der Waals surface area contributed by atoms with Crippen molar-refractivity contribution in [2.45, 2.75) is 32.2 Å². The van der Waals surface area contributed by atoms with Crippen LogP contribution in [-0.4, -0.2) is 12.8 Å². The average molecular weight is 288 g/mol. The van der Waals surface area contributed by atoms with Gasteiger partial charge in [0.1, 0.15) is 0 Å². The lowest BCUT2D eigenvalue weighted by Crippen LogP contribution is -2.31. The van der Waals surface area contributed by atoms with E-state index in [1.165, 1.54) is 25.7 Å². The Morgan fingerprint density at radius 2 is 2.05 bits per heavy atom. The number of hydrogen-bond donors (Lipinski definition) is 2. The first-order valence-electron chi connectivity index (χ1n) is 7.41. The third-order valence-electron chi connectivity index (χ3n) is 3.87. The van der Waals surface area contributed by atoms with E-state index in [4.69, 9.17) is 9.47 Å². The van der Waals surface area contributed by atoms with E-state index in [9.17, 15) is 4.79 Å². The summed E-state index contributed by atoms with van der Waals surface area (Å²) in [4.78, 5) is 11.7. The number of hydrogen-bond acceptors (Lipinski definition) is 3. The Morgan fingerprint density at radius 3 is 2.90 bits per heavy atom. The highest BCUT2D eigenvalue weighted by Crippen LogP contribution is 2.32. The van der Waals surface area contributed by atoms with Gasteiger partial charge in [-0.15, -0.1) is 0 Å². The van der Waals surface area contributed by atoms with Crippen LogP contribution in [0.1, 0.15) is 31.2 Å². The number of fused-ring (bicyclic) bond motifs is 1. The molecule has 2 amide bonds. The normalized spacial score (nSPS) is 17.3. The molecule has 2 N–H and O–H groups in total. The van der Waals surface area contributed by atoms with Crippen LogP contribution >= 0.6 is 0 Å². The highest BCUT2D eigenvalue weighted by Gasteiger charge is 2.13. The maximum atomic E-state index is 11.7. The minimum Gasteiger partial charge on any atom is -0.454 e. The van der Waals surface area contributed by atoms with Crippen molar-refractivity contribution in [1.29, 1.82) is 0 Å². The number of carbonyl (C=O) groups excluding carboxylic acids is 1. The fraction of sp³-hybridized carbons (Fsp3) is 0.438. The second kappa shape index (κ2) is 6.52. The van der Waals surface area contributed by atoms with E-state index in [-0.39, 0.29) is 12.8 Å². The highest BCUT2D eigenvalue weighted by atomic mass is 16.7. The molecule has 0 unspecified atom stereocenters. The molecule has 1 aromatic rings. The monoisotopic (exact) mass is 288 g/mol. The van der Waals surface area contributed by atoms with Gasteiger partial charge in [0, 0.05) is 12.7 Å². The molecule has 2 aliphatic rings. The second-order valence-corrected chi connectivity index (χ2v) is 5.42. The van der Waals surface area contributed by atoms with Crippen molar-refractivity contribution < 1.29 is 14.3 Å². The fourth-order valence-corrected chi connectivity index (χ4v) is 2.69. The number of carbonyl (C=O) groups is 1. The van der Waals surface area contributed by atoms with Crippen LogP contribution in [0.25, 0.3) is 0 Å². The highest BCUT2D eigenvalue weighted by molar-refractivity contribution is 5.74. The molecule has 1 aromatic carbocycles. The molecule has 0 radical (unpaired) electrons. The molecule has 1 heterocycles. The zero-order chi connectivity index (χ0) is 14.5. The maximum Gasteiger partial charge on any atom is 0.319 e. The number of nitrogens with one attached hydrogen (secondary N) is 2. The first kappa shape index (κ1) is 13.8. The topological polar surface area (TPSA) is 59.6 Å². The van der Waals surface area contributed by atoms with Crippen LogP contribution in [0.2, 0.25) is 0 Å². The molecule has 1 aliphatic heterocycles. The Labute approximate surface area is 124 Å². The number of rotatable bonds is 4. The lowest BCUT2D eigenvalue weighted by atomic mass is 10.1. The summed E-state index contributed by atoms with van der Waals surface area (Å²) in [6.07, 6.45) is 8.91. The van der Waals surface area contributed by atoms with E-state index in [0.717, 1.165) is 17.1 Å². The van der Waals surface area contributed by atoms with Gasteiger partial charge in [0.2, 0.25) is 6.79 Å². The van der Waals surface area contributed by atoms with Crippen LogP contribution in [0, 0.1) is 5.92 Å². The van der Waals surface area contributed by atoms with Crippen LogP contribution in [0.5, 0.6) is 11.5 Å². The van der Waals surface area contributed by atoms with Crippen LogP contribution in [-0.2, 0) is 6.54 Å². The summed E-state index contributed by atoms with van der Waals surface area (Å²) < 4.78 is 10.6. The lowest BCUT2D eigenvalue weighted by Gasteiger charge is -2.06. The average Bonchev–Trinajstić information content (AvgIpc) is 3.15. The van der Waals surface area contributed by atoms with Crippen molar-refractivity contribution in [2.24, 2.45) is 5.92 Å². The van der Waals surface area contributed by atoms with Crippen molar-refractivity contribution >= 4 is 6.03 Å². The summed E-state index contributed by atoms with van der Waals surface area (Å²) in [5.41, 5.74) is 0.981. The quantitative estimate of drug-likeness (QED) is 0.895. The number of ether oxygens (including phenoxy) is 2. The van der Waals surface area contributed by atoms with Crippen molar-refractivity contribution in [3.8, 4) is 11.5 Å². The Kier molecular flexibility index (Phi) is 4.28. The molecular weight excluding hydrogens is 268 g/mol. The molecule has 0 spiro atoms. The standard InChI is InChI=1S/C16H20N2O3/c19-16(17-8-7-12-3-1-2-4-12)18-10-13-5-6-14-15(9-13)21-11-20-14/h5-9,12H,1-4,10-11H2,(H2,17,18,19)/b8-7+. The van der Waals surface area contributed by atoms with Crippen LogP contribution in [0.15, 0.2) is 30.5 Å². The zero-order valence-corrected chi connectivity index (χ0v) is 11.9. The van der Waals surface area contributed by atoms with E-state index in [1.807, 2.05) is 18.2 Å². The number of allylic oxidation sites excluding steroid dienone is 1. The van der Waals surface area contributed by atoms with Crippen LogP contribution < -0.4 is 20.1 Å². The number of benzene rings is 1. The Balaban J connectivity index is 1.43. The van der Waals surface area contributed by atoms with E-state index in [0.29, 0.717) is 12.5 Å². The van der Waals surface area contributed by atoms with Crippen molar-refractivity contribution in [2.75, 3.05) is 6.79 Å². The van der Waals surface area contributed by atoms with E-state index in [2.05, 4.69) is 16.7 Å². The van der Waals surface area contributed by atoms with Gasteiger partial charge < -0.3 is 20.1 Å². The maximum absolute atomic E-state index is 11.7. The fourth-order valence-electron chi connectivity index (χ4n) is 2.69. The first-order valence-corrected chi connectivity index (χ1v) is 7.41. The Morgan fingerprint density at radius 1 is 1.24 bits per heavy atom. The van der Waals surface area contributed by atoms with Gasteiger partial charge in [0.05, 0.1) is 0 Å². The van der Waals surface area contributed by atoms with Gasteiger partial charge in [-0.25, -0.2) is 4.79 Å². The third-order valence-corrected chi connectivity index (χ3v) is 3.87. The molecule has 1 fully saturated rings. The van der Waals surface area contributed by atoms with E-state index >= 15 is 0 Å². The van der Waals surface area contributed by atoms with Gasteiger partial charge in [0.25, 0.3) is 0 Å². The largest absolute Gasteiger partial charge is 0.454 e. The smallest absolute Gasteiger partial charge is 0.319 e. The van der Waals surface area contributed by atoms with Gasteiger partial charge in [0.15, 0.2) is 11.5 Å². The summed E-state index contributed by atoms with van der Waals surface area (Å²) in [5, 5.41) is 5.56. The van der Waals surface area contributed by atoms with Gasteiger partial charge in [-0.1, -0.05) is 25.0 Å². The predicted molar refractivity (Wildman–Crippen MR) is 79.0 cm³/mol. The van der Waals surface area contributed by atoms with E-state index < -0.39 is 0 Å². The van der Waals surface area contributed by atoms with Gasteiger partial charge in [-0.05, 0) is 36.5 Å². The zero-order valence-electron chi connectivity index (χ0n) is 11.9. The minimum atomic E-state index is -0.193. The molecule has 5 heteroatoms. The van der Waals surface area contributed by atoms with Crippen molar-refractivity contribution in [1.82, 2.24) is 10.6 Å². The van der Waals surface area contributed by atoms with E-state index in [1.54, 1.807) is 6.20 Å². The summed E-state index contributed by atoms with van der Waals surface area (Å²) in [5.74, 6) is 2.11. The molecule has 21 heavy (non-hydrogen) atoms. The molecule has 0 bridgehead atoms. The number of amides is 2. The Bertz CT molecular complexity index is 536. The third kappa shape index (κ3) is 3.68. The summed E-state index contributed by atoms with van der Waals surface area (Å²) in [7, 11) is 0. The van der Waals surface area contributed by atoms with Gasteiger partial charge in [-0.2, -0.15) is 0 Å². The minimum absolute atomic E-state index is 0.193.